The zero-order valence-corrected chi connectivity index (χ0v) is 15.7. The van der Waals surface area contributed by atoms with E-state index in [0.29, 0.717) is 12.5 Å². The third-order valence-electron chi connectivity index (χ3n) is 4.08. The van der Waals surface area contributed by atoms with E-state index in [2.05, 4.69) is 53.6 Å². The summed E-state index contributed by atoms with van der Waals surface area (Å²) in [6.07, 6.45) is 2.51. The monoisotopic (exact) mass is 357 g/mol. The summed E-state index contributed by atoms with van der Waals surface area (Å²) in [4.78, 5) is 23.7. The van der Waals surface area contributed by atoms with Gasteiger partial charge in [0.15, 0.2) is 12.3 Å². The number of hydrogen-bond acceptors (Lipinski definition) is 4. The van der Waals surface area contributed by atoms with Crippen LogP contribution in [0.4, 0.5) is 0 Å². The van der Waals surface area contributed by atoms with Crippen molar-refractivity contribution < 1.29 is 14.3 Å². The molecule has 1 heterocycles. The van der Waals surface area contributed by atoms with E-state index in [1.165, 1.54) is 5.56 Å². The Bertz CT molecular complexity index is 720. The average Bonchev–Trinajstić information content (AvgIpc) is 3.09. The lowest BCUT2D eigenvalue weighted by molar-refractivity contribution is -0.124. The highest BCUT2D eigenvalue weighted by Crippen LogP contribution is 2.14. The van der Waals surface area contributed by atoms with E-state index in [1.54, 1.807) is 6.07 Å². The second kappa shape index (κ2) is 9.75. The van der Waals surface area contributed by atoms with E-state index in [1.807, 2.05) is 6.92 Å². The number of hydrogen-bond donors (Lipinski definition) is 2. The zero-order chi connectivity index (χ0) is 18.9. The number of amides is 1. The third-order valence-corrected chi connectivity index (χ3v) is 4.08. The van der Waals surface area contributed by atoms with E-state index in [4.69, 9.17) is 4.74 Å². The van der Waals surface area contributed by atoms with Gasteiger partial charge in [-0.25, -0.2) is 4.79 Å². The van der Waals surface area contributed by atoms with Gasteiger partial charge in [0.25, 0.3) is 5.91 Å². The van der Waals surface area contributed by atoms with Gasteiger partial charge in [-0.2, -0.15) is 5.10 Å². The predicted octanol–water partition coefficient (Wildman–Crippen LogP) is 3.00. The summed E-state index contributed by atoms with van der Waals surface area (Å²) < 4.78 is 4.99. The van der Waals surface area contributed by atoms with Gasteiger partial charge in [0.1, 0.15) is 0 Å². The van der Waals surface area contributed by atoms with Crippen LogP contribution in [0, 0.1) is 0 Å². The molecule has 6 heteroatoms. The van der Waals surface area contributed by atoms with Crippen LogP contribution in [0.2, 0.25) is 0 Å². The fourth-order valence-electron chi connectivity index (χ4n) is 2.54. The number of nitrogens with one attached hydrogen (secondary N) is 2. The highest BCUT2D eigenvalue weighted by molar-refractivity contribution is 5.89. The van der Waals surface area contributed by atoms with Crippen LogP contribution in [-0.2, 0) is 22.4 Å². The molecule has 0 aliphatic heterocycles. The number of aromatic amines is 1. The first-order chi connectivity index (χ1) is 12.5. The standard InChI is InChI=1S/C20H27N3O3/c1-4-5-17-12-18(23-22-17)20(25)26-13-19(24)21-11-10-15-6-8-16(9-7-15)14(2)3/h6-9,12,14H,4-5,10-11,13H2,1-3H3,(H,21,24)(H,22,23). The Morgan fingerprint density at radius 3 is 2.58 bits per heavy atom. The molecule has 0 saturated heterocycles. The number of H-pyrrole nitrogens is 1. The van der Waals surface area contributed by atoms with Crippen LogP contribution in [0.15, 0.2) is 30.3 Å². The van der Waals surface area contributed by atoms with Gasteiger partial charge in [-0.15, -0.1) is 0 Å². The number of rotatable bonds is 9. The second-order valence-electron chi connectivity index (χ2n) is 6.60. The van der Waals surface area contributed by atoms with E-state index >= 15 is 0 Å². The van der Waals surface area contributed by atoms with E-state index in [0.717, 1.165) is 30.5 Å². The fraction of sp³-hybridized carbons (Fsp3) is 0.450. The van der Waals surface area contributed by atoms with Crippen molar-refractivity contribution in [1.82, 2.24) is 15.5 Å². The average molecular weight is 357 g/mol. The maximum atomic E-state index is 11.9. The first kappa shape index (κ1) is 19.7. The van der Waals surface area contributed by atoms with Gasteiger partial charge in [-0.05, 0) is 36.0 Å². The van der Waals surface area contributed by atoms with E-state index < -0.39 is 5.97 Å². The van der Waals surface area contributed by atoms with Gasteiger partial charge in [0.05, 0.1) is 0 Å². The van der Waals surface area contributed by atoms with Crippen LogP contribution in [0.25, 0.3) is 0 Å². The molecule has 2 aromatic rings. The number of carbonyl (C=O) groups excluding carboxylic acids is 2. The molecular weight excluding hydrogens is 330 g/mol. The van der Waals surface area contributed by atoms with Crippen LogP contribution >= 0.6 is 0 Å². The second-order valence-corrected chi connectivity index (χ2v) is 6.60. The number of carbonyl (C=O) groups is 2. The molecule has 0 aliphatic carbocycles. The molecule has 0 fully saturated rings. The van der Waals surface area contributed by atoms with Gasteiger partial charge in [0, 0.05) is 12.2 Å². The minimum absolute atomic E-state index is 0.200. The molecule has 6 nitrogen and oxygen atoms in total. The minimum Gasteiger partial charge on any atom is -0.451 e. The quantitative estimate of drug-likeness (QED) is 0.676. The van der Waals surface area contributed by atoms with Gasteiger partial charge < -0.3 is 10.1 Å². The van der Waals surface area contributed by atoms with Crippen LogP contribution in [0.5, 0.6) is 0 Å². The molecule has 0 aliphatic rings. The third kappa shape index (κ3) is 6.02. The molecule has 0 saturated carbocycles. The Balaban J connectivity index is 1.68. The summed E-state index contributed by atoms with van der Waals surface area (Å²) in [7, 11) is 0. The lowest BCUT2D eigenvalue weighted by atomic mass is 10.0. The van der Waals surface area contributed by atoms with E-state index in [-0.39, 0.29) is 18.2 Å². The number of nitrogens with zero attached hydrogens (tertiary/aromatic N) is 1. The molecule has 1 aromatic heterocycles. The highest BCUT2D eigenvalue weighted by atomic mass is 16.5. The molecule has 0 bridgehead atoms. The summed E-state index contributed by atoms with van der Waals surface area (Å²) in [5.74, 6) is -0.407. The Morgan fingerprint density at radius 2 is 1.92 bits per heavy atom. The number of aromatic nitrogens is 2. The van der Waals surface area contributed by atoms with Crippen molar-refractivity contribution in [2.75, 3.05) is 13.2 Å². The topological polar surface area (TPSA) is 84.1 Å². The number of ether oxygens (including phenoxy) is 1. The van der Waals surface area contributed by atoms with Crippen molar-refractivity contribution in [3.63, 3.8) is 0 Å². The zero-order valence-electron chi connectivity index (χ0n) is 15.7. The largest absolute Gasteiger partial charge is 0.451 e. The maximum Gasteiger partial charge on any atom is 0.359 e. The van der Waals surface area contributed by atoms with Gasteiger partial charge in [-0.3, -0.25) is 9.89 Å². The molecule has 0 atom stereocenters. The molecule has 1 aromatic carbocycles. The first-order valence-corrected chi connectivity index (χ1v) is 9.06. The molecule has 2 rings (SSSR count). The Labute approximate surface area is 154 Å². The van der Waals surface area contributed by atoms with Crippen LogP contribution in [0.1, 0.15) is 60.4 Å². The number of esters is 1. The summed E-state index contributed by atoms with van der Waals surface area (Å²) in [5.41, 5.74) is 3.54. The van der Waals surface area contributed by atoms with Crippen molar-refractivity contribution >= 4 is 11.9 Å². The smallest absolute Gasteiger partial charge is 0.359 e. The van der Waals surface area contributed by atoms with Crippen LogP contribution in [-0.4, -0.2) is 35.2 Å². The Morgan fingerprint density at radius 1 is 1.19 bits per heavy atom. The molecule has 0 radical (unpaired) electrons. The van der Waals surface area contributed by atoms with Gasteiger partial charge >= 0.3 is 5.97 Å². The molecule has 1 amide bonds. The SMILES string of the molecule is CCCc1cc(C(=O)OCC(=O)NCCc2ccc(C(C)C)cc2)n[nH]1. The van der Waals surface area contributed by atoms with Crippen molar-refractivity contribution in [1.29, 1.82) is 0 Å². The summed E-state index contributed by atoms with van der Waals surface area (Å²) >= 11 is 0. The van der Waals surface area contributed by atoms with Crippen LogP contribution in [0.3, 0.4) is 0 Å². The molecular formula is C20H27N3O3. The summed E-state index contributed by atoms with van der Waals surface area (Å²) in [6.45, 7) is 6.55. The summed E-state index contributed by atoms with van der Waals surface area (Å²) in [6, 6.07) is 10.0. The summed E-state index contributed by atoms with van der Waals surface area (Å²) in [5, 5.41) is 9.45. The molecule has 26 heavy (non-hydrogen) atoms. The minimum atomic E-state index is -0.594. The van der Waals surface area contributed by atoms with Crippen LogP contribution < -0.4 is 5.32 Å². The Kier molecular flexibility index (Phi) is 7.38. The molecule has 0 spiro atoms. The fourth-order valence-corrected chi connectivity index (χ4v) is 2.54. The predicted molar refractivity (Wildman–Crippen MR) is 100 cm³/mol. The van der Waals surface area contributed by atoms with Crippen molar-refractivity contribution in [3.05, 3.63) is 52.8 Å². The lowest BCUT2D eigenvalue weighted by Gasteiger charge is -2.08. The van der Waals surface area contributed by atoms with E-state index in [9.17, 15) is 9.59 Å². The number of benzene rings is 1. The van der Waals surface area contributed by atoms with Crippen molar-refractivity contribution in [2.24, 2.45) is 0 Å². The molecule has 140 valence electrons. The maximum absolute atomic E-state index is 11.9. The molecule has 0 unspecified atom stereocenters. The molecule has 2 N–H and O–H groups in total. The lowest BCUT2D eigenvalue weighted by Crippen LogP contribution is -2.30. The Hall–Kier alpha value is -2.63. The van der Waals surface area contributed by atoms with Crippen molar-refractivity contribution in [2.45, 2.75) is 46.0 Å². The van der Waals surface area contributed by atoms with Gasteiger partial charge in [0.2, 0.25) is 0 Å². The van der Waals surface area contributed by atoms with Crippen molar-refractivity contribution in [3.8, 4) is 0 Å². The number of aryl methyl sites for hydroxylation is 1. The van der Waals surface area contributed by atoms with Gasteiger partial charge in [-0.1, -0.05) is 51.5 Å². The highest BCUT2D eigenvalue weighted by Gasteiger charge is 2.13. The normalized spacial score (nSPS) is 10.8. The first-order valence-electron chi connectivity index (χ1n) is 9.06.